The van der Waals surface area contributed by atoms with Crippen molar-refractivity contribution in [2.45, 2.75) is 128 Å². The maximum Gasteiger partial charge on any atom is 0.338 e. The normalized spacial score (nSPS) is 32.5. The molecule has 11 unspecified atom stereocenters. The Kier molecular flexibility index (Phi) is 12.2. The Hall–Kier alpha value is -4.43. The van der Waals surface area contributed by atoms with E-state index in [0.29, 0.717) is 17.6 Å². The van der Waals surface area contributed by atoms with Crippen LogP contribution >= 0.6 is 0 Å². The summed E-state index contributed by atoms with van der Waals surface area (Å²) in [5.74, 6) is -5.63. The Morgan fingerprint density at radius 2 is 1.60 bits per heavy atom. The number of carbonyl (C=O) groups excluding carboxylic acids is 5. The maximum absolute atomic E-state index is 14.9. The number of amides is 1. The standard InChI is InChI=1S/C44H55NO12/c1-7-8-11-20-32(48)45-34(26-16-12-9-13-17-26)36(50)41(53)55-29-21-28-37(56-40(52)27-18-14-10-15-19-27)38-43(6,39(51)35(49)33(24(29)2)42(28,4)5)30(47)22-31-44(38,23-54-31)57-25(3)46/h9-10,12-19,28-31,34-38,47,49-50H,7-8,11,20-23H2,1-6H3,(H,45,48). The third kappa shape index (κ3) is 7.55. The molecule has 11 atom stereocenters. The van der Waals surface area contributed by atoms with Crippen molar-refractivity contribution >= 4 is 29.6 Å². The van der Waals surface area contributed by atoms with Crippen LogP contribution in [-0.2, 0) is 38.1 Å². The molecule has 308 valence electrons. The van der Waals surface area contributed by atoms with Gasteiger partial charge in [-0.15, -0.1) is 0 Å². The summed E-state index contributed by atoms with van der Waals surface area (Å²) < 4.78 is 24.5. The van der Waals surface area contributed by atoms with Crippen molar-refractivity contribution < 1.29 is 58.2 Å². The van der Waals surface area contributed by atoms with Crippen LogP contribution in [0.1, 0.15) is 102 Å². The van der Waals surface area contributed by atoms with Crippen LogP contribution in [0.3, 0.4) is 0 Å². The lowest BCUT2D eigenvalue weighted by Crippen LogP contribution is -2.79. The fourth-order valence-electron chi connectivity index (χ4n) is 9.99. The van der Waals surface area contributed by atoms with Gasteiger partial charge in [-0.25, -0.2) is 9.59 Å². The summed E-state index contributed by atoms with van der Waals surface area (Å²) in [6.45, 7) is 9.84. The monoisotopic (exact) mass is 789 g/mol. The van der Waals surface area contributed by atoms with Crippen molar-refractivity contribution in [2.75, 3.05) is 6.61 Å². The number of Topliss-reactive ketones (excluding diaryl/α,β-unsaturated/α-hetero) is 1. The van der Waals surface area contributed by atoms with Crippen LogP contribution in [0.4, 0.5) is 0 Å². The molecule has 57 heavy (non-hydrogen) atoms. The summed E-state index contributed by atoms with van der Waals surface area (Å²) in [4.78, 5) is 68.9. The zero-order valence-corrected chi connectivity index (χ0v) is 33.4. The maximum atomic E-state index is 14.9. The fraction of sp³-hybridized carbons (Fsp3) is 0.568. The number of aliphatic hydroxyl groups is 3. The molecular formula is C44H55NO12. The lowest BCUT2D eigenvalue weighted by Gasteiger charge is -2.65. The molecule has 1 aliphatic heterocycles. The third-order valence-corrected chi connectivity index (χ3v) is 13.0. The number of ketones is 1. The molecular weight excluding hydrogens is 734 g/mol. The molecule has 2 aromatic carbocycles. The molecule has 1 amide bonds. The predicted molar refractivity (Wildman–Crippen MR) is 205 cm³/mol. The third-order valence-electron chi connectivity index (χ3n) is 13.0. The number of esters is 3. The van der Waals surface area contributed by atoms with E-state index in [0.717, 1.165) is 12.8 Å². The van der Waals surface area contributed by atoms with E-state index in [1.54, 1.807) is 81.4 Å². The second-order valence-corrected chi connectivity index (χ2v) is 16.8. The summed E-state index contributed by atoms with van der Waals surface area (Å²) in [6.07, 6.45) is -5.84. The number of carbonyl (C=O) groups is 5. The number of hydrogen-bond donors (Lipinski definition) is 4. The van der Waals surface area contributed by atoms with Gasteiger partial charge < -0.3 is 39.6 Å². The summed E-state index contributed by atoms with van der Waals surface area (Å²) in [5, 5.41) is 38.4. The molecule has 0 radical (unpaired) electrons. The van der Waals surface area contributed by atoms with Crippen molar-refractivity contribution in [2.24, 2.45) is 22.7 Å². The van der Waals surface area contributed by atoms with E-state index < -0.39 is 94.6 Å². The minimum Gasteiger partial charge on any atom is -0.458 e. The number of aliphatic hydroxyl groups excluding tert-OH is 3. The van der Waals surface area contributed by atoms with Crippen molar-refractivity contribution in [1.82, 2.24) is 5.32 Å². The first kappa shape index (κ1) is 42.2. The SMILES string of the molecule is CCCCCC(=O)NC(c1ccccc1)C(O)C(=O)OC1CC2C(OC(=O)c3ccccc3)C3C4(OC(C)=O)COC4CC(O)C3(C)C(=O)C(O)C(=C1C)C2(C)C. The minimum absolute atomic E-state index is 0.0157. The van der Waals surface area contributed by atoms with E-state index in [-0.39, 0.29) is 42.9 Å². The average molecular weight is 790 g/mol. The molecule has 3 aliphatic carbocycles. The van der Waals surface area contributed by atoms with Crippen molar-refractivity contribution in [1.29, 1.82) is 0 Å². The van der Waals surface area contributed by atoms with Gasteiger partial charge in [-0.1, -0.05) is 82.1 Å². The predicted octanol–water partition coefficient (Wildman–Crippen LogP) is 4.32. The Labute approximate surface area is 333 Å². The van der Waals surface area contributed by atoms with Gasteiger partial charge in [0.1, 0.15) is 24.4 Å². The second-order valence-electron chi connectivity index (χ2n) is 16.8. The molecule has 1 heterocycles. The van der Waals surface area contributed by atoms with Gasteiger partial charge >= 0.3 is 17.9 Å². The number of nitrogens with one attached hydrogen (secondary N) is 1. The number of hydrogen-bond acceptors (Lipinski definition) is 12. The molecule has 0 aromatic heterocycles. The first-order valence-electron chi connectivity index (χ1n) is 19.9. The van der Waals surface area contributed by atoms with Crippen LogP contribution in [0.25, 0.3) is 0 Å². The molecule has 4 aliphatic rings. The van der Waals surface area contributed by atoms with E-state index in [4.69, 9.17) is 18.9 Å². The molecule has 2 aromatic rings. The quantitative estimate of drug-likeness (QED) is 0.103. The molecule has 1 saturated heterocycles. The van der Waals surface area contributed by atoms with Gasteiger partial charge in [0.2, 0.25) is 5.91 Å². The molecule has 2 saturated carbocycles. The van der Waals surface area contributed by atoms with Crippen molar-refractivity contribution in [3.8, 4) is 0 Å². The highest BCUT2D eigenvalue weighted by Gasteiger charge is 2.75. The molecule has 4 N–H and O–H groups in total. The lowest BCUT2D eigenvalue weighted by molar-refractivity contribution is -0.335. The molecule has 6 rings (SSSR count). The number of unbranched alkanes of at least 4 members (excludes halogenated alkanes) is 2. The molecule has 2 bridgehead atoms. The zero-order chi connectivity index (χ0) is 41.4. The van der Waals surface area contributed by atoms with Crippen molar-refractivity contribution in [3.63, 3.8) is 0 Å². The Balaban J connectivity index is 1.44. The van der Waals surface area contributed by atoms with Crippen LogP contribution in [0, 0.1) is 22.7 Å². The summed E-state index contributed by atoms with van der Waals surface area (Å²) >= 11 is 0. The molecule has 3 fully saturated rings. The average Bonchev–Trinajstić information content (AvgIpc) is 3.17. The zero-order valence-electron chi connectivity index (χ0n) is 33.4. The summed E-state index contributed by atoms with van der Waals surface area (Å²) in [6, 6.07) is 15.7. The summed E-state index contributed by atoms with van der Waals surface area (Å²) in [7, 11) is 0. The van der Waals surface area contributed by atoms with E-state index >= 15 is 0 Å². The molecule has 0 spiro atoms. The number of ether oxygens (including phenoxy) is 4. The van der Waals surface area contributed by atoms with Crippen LogP contribution in [0.5, 0.6) is 0 Å². The topological polar surface area (TPSA) is 195 Å². The van der Waals surface area contributed by atoms with Gasteiger partial charge in [-0.05, 0) is 60.9 Å². The number of fused-ring (bicyclic) bond motifs is 5. The van der Waals surface area contributed by atoms with Crippen LogP contribution < -0.4 is 5.32 Å². The minimum atomic E-state index is -1.85. The Morgan fingerprint density at radius 3 is 2.19 bits per heavy atom. The van der Waals surface area contributed by atoms with Gasteiger partial charge in [0.25, 0.3) is 0 Å². The van der Waals surface area contributed by atoms with Gasteiger partial charge in [0.15, 0.2) is 17.5 Å². The number of benzene rings is 2. The van der Waals surface area contributed by atoms with E-state index in [9.17, 15) is 39.3 Å². The highest BCUT2D eigenvalue weighted by atomic mass is 16.6. The fourth-order valence-corrected chi connectivity index (χ4v) is 9.99. The highest BCUT2D eigenvalue weighted by molar-refractivity contribution is 5.94. The smallest absolute Gasteiger partial charge is 0.338 e. The van der Waals surface area contributed by atoms with Gasteiger partial charge in [0.05, 0.1) is 35.6 Å². The van der Waals surface area contributed by atoms with Crippen LogP contribution in [0.2, 0.25) is 0 Å². The summed E-state index contributed by atoms with van der Waals surface area (Å²) in [5.41, 5.74) is -3.17. The molecule has 13 nitrogen and oxygen atoms in total. The van der Waals surface area contributed by atoms with Gasteiger partial charge in [-0.3, -0.25) is 14.4 Å². The lowest BCUT2D eigenvalue weighted by atomic mass is 9.46. The second kappa shape index (κ2) is 16.4. The van der Waals surface area contributed by atoms with E-state index in [2.05, 4.69) is 5.32 Å². The van der Waals surface area contributed by atoms with Crippen LogP contribution in [0.15, 0.2) is 71.8 Å². The van der Waals surface area contributed by atoms with Crippen molar-refractivity contribution in [3.05, 3.63) is 82.9 Å². The van der Waals surface area contributed by atoms with Gasteiger partial charge in [0, 0.05) is 25.7 Å². The highest BCUT2D eigenvalue weighted by Crippen LogP contribution is 2.63. The van der Waals surface area contributed by atoms with E-state index in [1.807, 2.05) is 6.92 Å². The largest absolute Gasteiger partial charge is 0.458 e. The first-order valence-corrected chi connectivity index (χ1v) is 19.9. The number of rotatable bonds is 12. The first-order chi connectivity index (χ1) is 27.0. The Bertz CT molecular complexity index is 1880. The van der Waals surface area contributed by atoms with Crippen LogP contribution in [-0.4, -0.2) is 93.7 Å². The van der Waals surface area contributed by atoms with E-state index in [1.165, 1.54) is 13.8 Å². The van der Waals surface area contributed by atoms with Gasteiger partial charge in [-0.2, -0.15) is 0 Å². The Morgan fingerprint density at radius 1 is 0.947 bits per heavy atom. The molecule has 13 heteroatoms.